The number of rotatable bonds is 4. The smallest absolute Gasteiger partial charge is 0.0604 e. The molecule has 0 bridgehead atoms. The molecule has 3 atom stereocenters. The molecule has 2 fully saturated rings. The first-order valence-electron chi connectivity index (χ1n) is 7.18. The van der Waals surface area contributed by atoms with Gasteiger partial charge in [-0.1, -0.05) is 6.92 Å². The summed E-state index contributed by atoms with van der Waals surface area (Å²) in [7, 11) is 2.24. The molecule has 0 aromatic heterocycles. The van der Waals surface area contributed by atoms with E-state index >= 15 is 0 Å². The highest BCUT2D eigenvalue weighted by molar-refractivity contribution is 4.93. The molecule has 100 valence electrons. The predicted octanol–water partition coefficient (Wildman–Crippen LogP) is 1.87. The standard InChI is InChI=1S/C14H28N2O/c1-5-17-13-7-12(8-13)15-14-6-11(3)16(4)9-10(14)2/h10-15H,5-9H2,1-4H3. The first-order chi connectivity index (χ1) is 8.10. The maximum atomic E-state index is 5.61. The van der Waals surface area contributed by atoms with Gasteiger partial charge in [0.05, 0.1) is 6.10 Å². The van der Waals surface area contributed by atoms with E-state index < -0.39 is 0 Å². The van der Waals surface area contributed by atoms with Gasteiger partial charge >= 0.3 is 0 Å². The van der Waals surface area contributed by atoms with E-state index in [9.17, 15) is 0 Å². The minimum Gasteiger partial charge on any atom is -0.378 e. The number of nitrogens with one attached hydrogen (secondary N) is 1. The number of hydrogen-bond acceptors (Lipinski definition) is 3. The highest BCUT2D eigenvalue weighted by Gasteiger charge is 2.35. The second kappa shape index (κ2) is 5.68. The number of hydrogen-bond donors (Lipinski definition) is 1. The Hall–Kier alpha value is -0.120. The summed E-state index contributed by atoms with van der Waals surface area (Å²) in [5.74, 6) is 0.766. The number of nitrogens with zero attached hydrogens (tertiary/aromatic N) is 1. The molecule has 0 aromatic rings. The fraction of sp³-hybridized carbons (Fsp3) is 1.00. The van der Waals surface area contributed by atoms with Crippen LogP contribution in [0.4, 0.5) is 0 Å². The van der Waals surface area contributed by atoms with Crippen molar-refractivity contribution in [2.45, 2.75) is 64.3 Å². The average Bonchev–Trinajstić information content (AvgIpc) is 2.22. The zero-order valence-corrected chi connectivity index (χ0v) is 11.8. The zero-order chi connectivity index (χ0) is 12.4. The molecule has 17 heavy (non-hydrogen) atoms. The second-order valence-corrected chi connectivity index (χ2v) is 6.02. The largest absolute Gasteiger partial charge is 0.378 e. The van der Waals surface area contributed by atoms with Crippen molar-refractivity contribution in [1.82, 2.24) is 10.2 Å². The van der Waals surface area contributed by atoms with Gasteiger partial charge in [0.25, 0.3) is 0 Å². The molecule has 1 N–H and O–H groups in total. The van der Waals surface area contributed by atoms with Crippen LogP contribution in [0.1, 0.15) is 40.0 Å². The number of ether oxygens (including phenoxy) is 1. The van der Waals surface area contributed by atoms with Crippen molar-refractivity contribution in [3.8, 4) is 0 Å². The fourth-order valence-electron chi connectivity index (χ4n) is 3.15. The van der Waals surface area contributed by atoms with Crippen LogP contribution >= 0.6 is 0 Å². The van der Waals surface area contributed by atoms with Gasteiger partial charge in [0, 0.05) is 31.3 Å². The molecule has 1 aliphatic carbocycles. The molecular formula is C14H28N2O. The highest BCUT2D eigenvalue weighted by Crippen LogP contribution is 2.27. The van der Waals surface area contributed by atoms with Crippen molar-refractivity contribution in [3.05, 3.63) is 0 Å². The van der Waals surface area contributed by atoms with E-state index in [0.29, 0.717) is 24.2 Å². The van der Waals surface area contributed by atoms with Gasteiger partial charge in [0.15, 0.2) is 0 Å². The van der Waals surface area contributed by atoms with Crippen molar-refractivity contribution in [2.75, 3.05) is 20.2 Å². The molecule has 2 aliphatic rings. The maximum Gasteiger partial charge on any atom is 0.0604 e. The van der Waals surface area contributed by atoms with Gasteiger partial charge in [-0.15, -0.1) is 0 Å². The first kappa shape index (κ1) is 13.3. The normalized spacial score (nSPS) is 43.4. The Morgan fingerprint density at radius 2 is 1.94 bits per heavy atom. The Labute approximate surface area is 106 Å². The Morgan fingerprint density at radius 3 is 2.59 bits per heavy atom. The van der Waals surface area contributed by atoms with Crippen molar-refractivity contribution < 1.29 is 4.74 Å². The molecule has 1 saturated heterocycles. The van der Waals surface area contributed by atoms with Gasteiger partial charge in [-0.25, -0.2) is 0 Å². The van der Waals surface area contributed by atoms with Crippen LogP contribution in [-0.2, 0) is 4.74 Å². The summed E-state index contributed by atoms with van der Waals surface area (Å²) in [5, 5.41) is 3.84. The van der Waals surface area contributed by atoms with Crippen LogP contribution in [0, 0.1) is 5.92 Å². The number of likely N-dealkylation sites (tertiary alicyclic amines) is 1. The van der Waals surface area contributed by atoms with E-state index in [2.05, 4.69) is 38.0 Å². The summed E-state index contributed by atoms with van der Waals surface area (Å²) in [5.41, 5.74) is 0. The third-order valence-electron chi connectivity index (χ3n) is 4.56. The maximum absolute atomic E-state index is 5.61. The van der Waals surface area contributed by atoms with Gasteiger partial charge in [0.1, 0.15) is 0 Å². The minimum atomic E-state index is 0.525. The summed E-state index contributed by atoms with van der Waals surface area (Å²) >= 11 is 0. The van der Waals surface area contributed by atoms with Crippen LogP contribution in [0.15, 0.2) is 0 Å². The van der Waals surface area contributed by atoms with Crippen molar-refractivity contribution in [2.24, 2.45) is 5.92 Å². The average molecular weight is 240 g/mol. The van der Waals surface area contributed by atoms with E-state index in [-0.39, 0.29) is 0 Å². The van der Waals surface area contributed by atoms with E-state index in [0.717, 1.165) is 12.5 Å². The van der Waals surface area contributed by atoms with Crippen LogP contribution in [-0.4, -0.2) is 49.3 Å². The van der Waals surface area contributed by atoms with Crippen LogP contribution in [0.2, 0.25) is 0 Å². The van der Waals surface area contributed by atoms with Crippen molar-refractivity contribution in [3.63, 3.8) is 0 Å². The molecule has 1 aliphatic heterocycles. The van der Waals surface area contributed by atoms with E-state index in [1.54, 1.807) is 0 Å². The first-order valence-corrected chi connectivity index (χ1v) is 7.18. The molecule has 0 amide bonds. The summed E-state index contributed by atoms with van der Waals surface area (Å²) in [6.07, 6.45) is 4.23. The lowest BCUT2D eigenvalue weighted by molar-refractivity contribution is -0.0180. The van der Waals surface area contributed by atoms with Gasteiger partial charge in [-0.2, -0.15) is 0 Å². The second-order valence-electron chi connectivity index (χ2n) is 6.02. The topological polar surface area (TPSA) is 24.5 Å². The van der Waals surface area contributed by atoms with Crippen LogP contribution in [0.3, 0.4) is 0 Å². The molecule has 0 spiro atoms. The van der Waals surface area contributed by atoms with Crippen molar-refractivity contribution in [1.29, 1.82) is 0 Å². The summed E-state index contributed by atoms with van der Waals surface area (Å²) in [6, 6.07) is 2.12. The lowest BCUT2D eigenvalue weighted by Gasteiger charge is -2.44. The van der Waals surface area contributed by atoms with Crippen LogP contribution in [0.25, 0.3) is 0 Å². The van der Waals surface area contributed by atoms with Crippen LogP contribution < -0.4 is 5.32 Å². The predicted molar refractivity (Wildman–Crippen MR) is 71.2 cm³/mol. The molecular weight excluding hydrogens is 212 g/mol. The lowest BCUT2D eigenvalue weighted by Crippen LogP contribution is -2.56. The summed E-state index contributed by atoms with van der Waals surface area (Å²) in [6.45, 7) is 8.88. The molecule has 0 radical (unpaired) electrons. The molecule has 0 aromatic carbocycles. The van der Waals surface area contributed by atoms with E-state index in [1.807, 2.05) is 0 Å². The summed E-state index contributed by atoms with van der Waals surface area (Å²) < 4.78 is 5.61. The molecule has 3 heteroatoms. The Balaban J connectivity index is 1.73. The molecule has 3 nitrogen and oxygen atoms in total. The van der Waals surface area contributed by atoms with Crippen molar-refractivity contribution >= 4 is 0 Å². The number of piperidine rings is 1. The lowest BCUT2D eigenvalue weighted by atomic mass is 9.84. The summed E-state index contributed by atoms with van der Waals surface area (Å²) in [4.78, 5) is 2.48. The van der Waals surface area contributed by atoms with E-state index in [4.69, 9.17) is 4.74 Å². The third kappa shape index (κ3) is 3.21. The Bertz CT molecular complexity index is 240. The van der Waals surface area contributed by atoms with Gasteiger partial charge in [0.2, 0.25) is 0 Å². The highest BCUT2D eigenvalue weighted by atomic mass is 16.5. The molecule has 1 heterocycles. The fourth-order valence-corrected chi connectivity index (χ4v) is 3.15. The van der Waals surface area contributed by atoms with Gasteiger partial charge in [-0.05, 0) is 46.1 Å². The zero-order valence-electron chi connectivity index (χ0n) is 11.8. The quantitative estimate of drug-likeness (QED) is 0.812. The molecule has 2 rings (SSSR count). The Kier molecular flexibility index (Phi) is 4.45. The molecule has 1 saturated carbocycles. The molecule has 3 unspecified atom stereocenters. The van der Waals surface area contributed by atoms with E-state index in [1.165, 1.54) is 25.8 Å². The Morgan fingerprint density at radius 1 is 1.24 bits per heavy atom. The third-order valence-corrected chi connectivity index (χ3v) is 4.56. The van der Waals surface area contributed by atoms with Gasteiger partial charge in [-0.3, -0.25) is 0 Å². The van der Waals surface area contributed by atoms with Gasteiger partial charge < -0.3 is 15.0 Å². The minimum absolute atomic E-state index is 0.525. The van der Waals surface area contributed by atoms with Crippen LogP contribution in [0.5, 0.6) is 0 Å². The monoisotopic (exact) mass is 240 g/mol. The SMILES string of the molecule is CCOC1CC(NC2CC(C)N(C)CC2C)C1.